The van der Waals surface area contributed by atoms with Crippen LogP contribution in [0.25, 0.3) is 11.2 Å². The smallest absolute Gasteiger partial charge is 0.295 e. The van der Waals surface area contributed by atoms with Gasteiger partial charge in [-0.3, -0.25) is 14.2 Å². The second-order valence-corrected chi connectivity index (χ2v) is 9.69. The average Bonchev–Trinajstić information content (AvgIpc) is 2.89. The van der Waals surface area contributed by atoms with Crippen molar-refractivity contribution in [1.29, 1.82) is 0 Å². The molecule has 0 radical (unpaired) electrons. The summed E-state index contributed by atoms with van der Waals surface area (Å²) in [6, 6.07) is 10.3. The van der Waals surface area contributed by atoms with E-state index in [0.717, 1.165) is 44.5 Å². The van der Waals surface area contributed by atoms with E-state index in [1.807, 2.05) is 28.9 Å². The van der Waals surface area contributed by atoms with Gasteiger partial charge in [-0.05, 0) is 62.9 Å². The van der Waals surface area contributed by atoms with Gasteiger partial charge in [0.05, 0.1) is 0 Å². The zero-order chi connectivity index (χ0) is 24.5. The van der Waals surface area contributed by atoms with Crippen molar-refractivity contribution in [3.63, 3.8) is 0 Å². The largest absolute Gasteiger partial charge is 0.368 e. The molecule has 0 atom stereocenters. The van der Waals surface area contributed by atoms with Gasteiger partial charge in [-0.1, -0.05) is 12.1 Å². The first-order chi connectivity index (χ1) is 17.0. The van der Waals surface area contributed by atoms with E-state index in [1.54, 1.807) is 10.8 Å². The lowest BCUT2D eigenvalue weighted by Crippen LogP contribution is -2.52. The molecule has 0 bridgehead atoms. The topological polar surface area (TPSA) is 74.6 Å². The number of amides is 1. The Morgan fingerprint density at radius 1 is 1.00 bits per heavy atom. The fraction of sp³-hybridized carbons (Fsp3) is 0.481. The maximum atomic E-state index is 13.3. The Hall–Kier alpha value is -3.42. The fourth-order valence-electron chi connectivity index (χ4n) is 5.39. The van der Waals surface area contributed by atoms with Gasteiger partial charge in [0.2, 0.25) is 5.91 Å². The fourth-order valence-corrected chi connectivity index (χ4v) is 5.39. The highest BCUT2D eigenvalue weighted by molar-refractivity contribution is 5.79. The molecule has 5 rings (SSSR count). The van der Waals surface area contributed by atoms with E-state index in [9.17, 15) is 9.59 Å². The quantitative estimate of drug-likeness (QED) is 0.579. The van der Waals surface area contributed by atoms with Crippen LogP contribution in [-0.2, 0) is 11.3 Å². The Bertz CT molecular complexity index is 1290. The van der Waals surface area contributed by atoms with Crippen LogP contribution in [0.5, 0.6) is 0 Å². The number of nitrogens with zero attached hydrogens (tertiary/aromatic N) is 6. The number of aromatic nitrogens is 3. The number of pyridine rings is 1. The van der Waals surface area contributed by atoms with Crippen molar-refractivity contribution < 1.29 is 4.79 Å². The number of piperazine rings is 1. The van der Waals surface area contributed by atoms with E-state index < -0.39 is 0 Å². The lowest BCUT2D eigenvalue weighted by atomic mass is 9.95. The minimum atomic E-state index is -0.106. The second kappa shape index (κ2) is 9.68. The van der Waals surface area contributed by atoms with Crippen LogP contribution >= 0.6 is 0 Å². The number of piperidine rings is 1. The minimum Gasteiger partial charge on any atom is -0.368 e. The van der Waals surface area contributed by atoms with Gasteiger partial charge in [-0.2, -0.15) is 0 Å². The predicted octanol–water partition coefficient (Wildman–Crippen LogP) is 2.99. The Morgan fingerprint density at radius 3 is 2.46 bits per heavy atom. The second-order valence-electron chi connectivity index (χ2n) is 9.69. The molecule has 184 valence electrons. The highest BCUT2D eigenvalue weighted by Gasteiger charge is 2.32. The Kier molecular flexibility index (Phi) is 6.45. The third kappa shape index (κ3) is 4.49. The minimum absolute atomic E-state index is 0.00836. The molecule has 2 aromatic heterocycles. The summed E-state index contributed by atoms with van der Waals surface area (Å²) in [4.78, 5) is 41.9. The molecule has 0 saturated carbocycles. The molecule has 2 aliphatic rings. The first kappa shape index (κ1) is 23.3. The van der Waals surface area contributed by atoms with Crippen LogP contribution in [-0.4, -0.2) is 64.6 Å². The Labute approximate surface area is 206 Å². The van der Waals surface area contributed by atoms with Crippen LogP contribution in [0.15, 0.2) is 41.3 Å². The van der Waals surface area contributed by atoms with Gasteiger partial charge in [0, 0.05) is 63.6 Å². The number of anilines is 2. The van der Waals surface area contributed by atoms with E-state index in [1.165, 1.54) is 16.8 Å². The van der Waals surface area contributed by atoms with Crippen LogP contribution in [0.4, 0.5) is 11.5 Å². The van der Waals surface area contributed by atoms with Gasteiger partial charge in [-0.25, -0.2) is 9.97 Å². The molecule has 0 spiro atoms. The summed E-state index contributed by atoms with van der Waals surface area (Å²) in [6.07, 6.45) is 3.18. The molecule has 0 unspecified atom stereocenters. The monoisotopic (exact) mass is 474 g/mol. The van der Waals surface area contributed by atoms with Crippen molar-refractivity contribution in [2.45, 2.75) is 40.2 Å². The van der Waals surface area contributed by atoms with Crippen molar-refractivity contribution in [2.24, 2.45) is 5.92 Å². The van der Waals surface area contributed by atoms with Gasteiger partial charge in [0.15, 0.2) is 11.5 Å². The number of benzene rings is 1. The number of rotatable bonds is 4. The zero-order valence-electron chi connectivity index (χ0n) is 20.9. The van der Waals surface area contributed by atoms with Gasteiger partial charge in [-0.15, -0.1) is 0 Å². The molecule has 8 heteroatoms. The van der Waals surface area contributed by atoms with Gasteiger partial charge in [0.1, 0.15) is 5.52 Å². The summed E-state index contributed by atoms with van der Waals surface area (Å²) in [5, 5.41) is 0. The van der Waals surface area contributed by atoms with Gasteiger partial charge >= 0.3 is 0 Å². The Morgan fingerprint density at radius 2 is 1.74 bits per heavy atom. The van der Waals surface area contributed by atoms with Crippen molar-refractivity contribution in [3.8, 4) is 0 Å². The van der Waals surface area contributed by atoms with E-state index >= 15 is 0 Å². The lowest BCUT2D eigenvalue weighted by Gasteiger charge is -2.40. The normalized spacial score (nSPS) is 17.3. The van der Waals surface area contributed by atoms with Gasteiger partial charge in [0.25, 0.3) is 5.56 Å². The molecular formula is C27H34N6O2. The molecule has 2 fully saturated rings. The summed E-state index contributed by atoms with van der Waals surface area (Å²) in [7, 11) is 0. The average molecular weight is 475 g/mol. The number of fused-ring (bicyclic) bond motifs is 1. The van der Waals surface area contributed by atoms with Crippen molar-refractivity contribution >= 4 is 28.6 Å². The van der Waals surface area contributed by atoms with Crippen molar-refractivity contribution in [3.05, 3.63) is 58.0 Å². The first-order valence-corrected chi connectivity index (χ1v) is 12.7. The molecule has 1 aromatic carbocycles. The molecule has 1 amide bonds. The number of hydrogen-bond donors (Lipinski definition) is 0. The molecule has 35 heavy (non-hydrogen) atoms. The molecule has 3 aromatic rings. The van der Waals surface area contributed by atoms with E-state index in [-0.39, 0.29) is 17.4 Å². The molecule has 4 heterocycles. The SMILES string of the molecule is CCn1c(=O)c(N2CCC(C(=O)N3CCN(c4cc(C)ccc4C)CC3)CC2)nc2cccnc21. The number of carbonyl (C=O) groups is 1. The van der Waals surface area contributed by atoms with E-state index in [4.69, 9.17) is 0 Å². The highest BCUT2D eigenvalue weighted by atomic mass is 16.2. The number of aryl methyl sites for hydroxylation is 3. The van der Waals surface area contributed by atoms with Crippen LogP contribution in [0.1, 0.15) is 30.9 Å². The molecule has 0 aliphatic carbocycles. The number of carbonyl (C=O) groups excluding carboxylic acids is 1. The van der Waals surface area contributed by atoms with Gasteiger partial charge < -0.3 is 14.7 Å². The maximum absolute atomic E-state index is 13.3. The summed E-state index contributed by atoms with van der Waals surface area (Å²) >= 11 is 0. The standard InChI is InChI=1S/C27H34N6O2/c1-4-33-24-22(6-5-11-28-24)29-25(27(33)35)31-12-9-21(10-13-31)26(34)32-16-14-30(15-17-32)23-18-19(2)7-8-20(23)3/h5-8,11,18,21H,4,9-10,12-17H2,1-3H3. The van der Waals surface area contributed by atoms with Crippen LogP contribution in [0.2, 0.25) is 0 Å². The van der Waals surface area contributed by atoms with E-state index in [2.05, 4.69) is 46.9 Å². The summed E-state index contributed by atoms with van der Waals surface area (Å²) in [6.45, 7) is 11.3. The summed E-state index contributed by atoms with van der Waals surface area (Å²) in [5.74, 6) is 0.737. The van der Waals surface area contributed by atoms with Crippen LogP contribution in [0.3, 0.4) is 0 Å². The summed E-state index contributed by atoms with van der Waals surface area (Å²) in [5.41, 5.74) is 5.06. The molecule has 0 N–H and O–H groups in total. The maximum Gasteiger partial charge on any atom is 0.295 e. The molecule has 2 saturated heterocycles. The third-order valence-corrected chi connectivity index (χ3v) is 7.44. The predicted molar refractivity (Wildman–Crippen MR) is 139 cm³/mol. The van der Waals surface area contributed by atoms with E-state index in [0.29, 0.717) is 31.1 Å². The highest BCUT2D eigenvalue weighted by Crippen LogP contribution is 2.26. The van der Waals surface area contributed by atoms with Crippen LogP contribution in [0, 0.1) is 19.8 Å². The third-order valence-electron chi connectivity index (χ3n) is 7.44. The Balaban J connectivity index is 1.22. The lowest BCUT2D eigenvalue weighted by molar-refractivity contribution is -0.136. The van der Waals surface area contributed by atoms with Crippen molar-refractivity contribution in [1.82, 2.24) is 19.4 Å². The molecular weight excluding hydrogens is 440 g/mol. The molecule has 2 aliphatic heterocycles. The summed E-state index contributed by atoms with van der Waals surface area (Å²) < 4.78 is 1.68. The first-order valence-electron chi connectivity index (χ1n) is 12.7. The molecule has 8 nitrogen and oxygen atoms in total. The zero-order valence-corrected chi connectivity index (χ0v) is 20.9. The van der Waals surface area contributed by atoms with Crippen molar-refractivity contribution in [2.75, 3.05) is 49.1 Å². The van der Waals surface area contributed by atoms with Crippen LogP contribution < -0.4 is 15.4 Å². The number of hydrogen-bond acceptors (Lipinski definition) is 6.